The molecule has 5 aromatic heterocycles. The van der Waals surface area contributed by atoms with Gasteiger partial charge in [-0.25, -0.2) is 19.3 Å². The molecule has 0 aliphatic carbocycles. The second-order valence-corrected chi connectivity index (χ2v) is 8.90. The third-order valence-electron chi connectivity index (χ3n) is 6.21. The normalized spacial score (nSPS) is 11.3. The predicted octanol–water partition coefficient (Wildman–Crippen LogP) is 6.41. The van der Waals surface area contributed by atoms with Gasteiger partial charge < -0.3 is 10.3 Å². The van der Waals surface area contributed by atoms with Crippen LogP contribution in [0.1, 0.15) is 18.9 Å². The van der Waals surface area contributed by atoms with Crippen LogP contribution in [0, 0.1) is 12.7 Å². The van der Waals surface area contributed by atoms with Gasteiger partial charge in [-0.2, -0.15) is 5.10 Å². The number of halogens is 1. The quantitative estimate of drug-likeness (QED) is 0.249. The summed E-state index contributed by atoms with van der Waals surface area (Å²) in [4.78, 5) is 21.4. The van der Waals surface area contributed by atoms with E-state index < -0.39 is 0 Å². The Morgan fingerprint density at radius 3 is 2.70 bits per heavy atom. The number of anilines is 1. The third-order valence-corrected chi connectivity index (χ3v) is 6.21. The van der Waals surface area contributed by atoms with Crippen molar-refractivity contribution in [1.29, 1.82) is 0 Å². The van der Waals surface area contributed by atoms with E-state index in [1.807, 2.05) is 38.1 Å². The molecule has 37 heavy (non-hydrogen) atoms. The minimum Gasteiger partial charge on any atom is -0.358 e. The minimum atomic E-state index is -0.286. The highest BCUT2D eigenvalue weighted by Crippen LogP contribution is 2.32. The number of aromatic nitrogens is 7. The number of benzene rings is 1. The fraction of sp³-hybridized carbons (Fsp3) is 0.107. The van der Waals surface area contributed by atoms with Crippen LogP contribution in [0.3, 0.4) is 0 Å². The molecule has 9 heteroatoms. The minimum absolute atomic E-state index is 0.286. The van der Waals surface area contributed by atoms with Crippen molar-refractivity contribution in [2.75, 3.05) is 5.32 Å². The molecule has 0 saturated carbocycles. The Kier molecular flexibility index (Phi) is 5.45. The van der Waals surface area contributed by atoms with Crippen LogP contribution in [-0.4, -0.2) is 35.1 Å². The summed E-state index contributed by atoms with van der Waals surface area (Å²) in [5.41, 5.74) is 8.48. The first-order valence-electron chi connectivity index (χ1n) is 11.9. The summed E-state index contributed by atoms with van der Waals surface area (Å²) in [6, 6.07) is 10.8. The molecule has 0 amide bonds. The molecule has 0 saturated heterocycles. The highest BCUT2D eigenvalue weighted by atomic mass is 19.1. The van der Waals surface area contributed by atoms with E-state index in [-0.39, 0.29) is 5.82 Å². The maximum absolute atomic E-state index is 14.1. The molecule has 0 aliphatic heterocycles. The fourth-order valence-corrected chi connectivity index (χ4v) is 4.36. The van der Waals surface area contributed by atoms with Gasteiger partial charge in [-0.05, 0) is 54.8 Å². The van der Waals surface area contributed by atoms with Crippen LogP contribution in [0.25, 0.3) is 56.0 Å². The van der Waals surface area contributed by atoms with E-state index in [0.29, 0.717) is 28.3 Å². The lowest BCUT2D eigenvalue weighted by Crippen LogP contribution is -1.97. The molecule has 0 radical (unpaired) electrons. The lowest BCUT2D eigenvalue weighted by Gasteiger charge is -2.09. The van der Waals surface area contributed by atoms with Gasteiger partial charge in [0.05, 0.1) is 22.8 Å². The largest absolute Gasteiger partial charge is 0.358 e. The zero-order chi connectivity index (χ0) is 25.5. The van der Waals surface area contributed by atoms with Crippen molar-refractivity contribution in [1.82, 2.24) is 35.1 Å². The fourth-order valence-electron chi connectivity index (χ4n) is 4.36. The number of aryl methyl sites for hydroxylation is 1. The molecule has 0 bridgehead atoms. The van der Waals surface area contributed by atoms with Gasteiger partial charge in [0.25, 0.3) is 0 Å². The average Bonchev–Trinajstić information content (AvgIpc) is 3.51. The first-order valence-corrected chi connectivity index (χ1v) is 11.9. The monoisotopic (exact) mass is 490 g/mol. The summed E-state index contributed by atoms with van der Waals surface area (Å²) in [6.07, 6.45) is 7.82. The van der Waals surface area contributed by atoms with Gasteiger partial charge in [0.15, 0.2) is 17.1 Å². The Morgan fingerprint density at radius 1 is 1.00 bits per heavy atom. The zero-order valence-corrected chi connectivity index (χ0v) is 20.3. The van der Waals surface area contributed by atoms with Crippen molar-refractivity contribution in [2.45, 2.75) is 20.3 Å². The van der Waals surface area contributed by atoms with E-state index in [1.54, 1.807) is 24.8 Å². The second kappa shape index (κ2) is 8.94. The molecule has 6 aromatic rings. The van der Waals surface area contributed by atoms with Gasteiger partial charge in [-0.3, -0.25) is 10.1 Å². The number of rotatable bonds is 6. The van der Waals surface area contributed by atoms with Crippen molar-refractivity contribution >= 4 is 27.9 Å². The highest BCUT2D eigenvalue weighted by Gasteiger charge is 2.17. The predicted molar refractivity (Wildman–Crippen MR) is 143 cm³/mol. The van der Waals surface area contributed by atoms with Gasteiger partial charge in [-0.1, -0.05) is 19.6 Å². The Hall–Kier alpha value is -4.92. The topological polar surface area (TPSA) is 108 Å². The van der Waals surface area contributed by atoms with E-state index in [2.05, 4.69) is 42.0 Å². The summed E-state index contributed by atoms with van der Waals surface area (Å²) < 4.78 is 14.1. The molecule has 0 unspecified atom stereocenters. The van der Waals surface area contributed by atoms with Crippen LogP contribution in [0.15, 0.2) is 73.5 Å². The number of imidazole rings is 1. The molecule has 8 nitrogen and oxygen atoms in total. The standard InChI is InChI=1S/C28H23FN8/c1-4-16(3)33-21-10-18(12-30-14-21)19-11-23-25(36-37-26(23)32-13-19)28-34-24-22(5-6-31-27(24)35-28)17-7-15(2)8-20(29)9-17/h5-14,33H,3-4H2,1-2H3,(H,31,34,35)(H,32,36,37). The maximum Gasteiger partial charge on any atom is 0.181 e. The lowest BCUT2D eigenvalue weighted by molar-refractivity contribution is 0.627. The van der Waals surface area contributed by atoms with Crippen LogP contribution >= 0.6 is 0 Å². The van der Waals surface area contributed by atoms with E-state index >= 15 is 0 Å². The van der Waals surface area contributed by atoms with Crippen LogP contribution in [0.4, 0.5) is 10.1 Å². The SMILES string of the molecule is C=C(CC)Nc1cncc(-c2cnc3n[nH]c(-c4nc5nccc(-c6cc(C)cc(F)c6)c5[nH]4)c3c2)c1. The molecule has 0 fully saturated rings. The van der Waals surface area contributed by atoms with Crippen LogP contribution in [-0.2, 0) is 0 Å². The average molecular weight is 491 g/mol. The number of fused-ring (bicyclic) bond motifs is 2. The van der Waals surface area contributed by atoms with Crippen LogP contribution < -0.4 is 5.32 Å². The number of hydrogen-bond acceptors (Lipinski definition) is 6. The zero-order valence-electron chi connectivity index (χ0n) is 20.3. The Labute approximate surface area is 211 Å². The van der Waals surface area contributed by atoms with Crippen LogP contribution in [0.5, 0.6) is 0 Å². The molecule has 6 rings (SSSR count). The lowest BCUT2D eigenvalue weighted by atomic mass is 10.0. The maximum atomic E-state index is 14.1. The summed E-state index contributed by atoms with van der Waals surface area (Å²) >= 11 is 0. The first kappa shape index (κ1) is 22.5. The van der Waals surface area contributed by atoms with E-state index in [4.69, 9.17) is 4.98 Å². The summed E-state index contributed by atoms with van der Waals surface area (Å²) in [6.45, 7) is 7.91. The molecule has 5 heterocycles. The second-order valence-electron chi connectivity index (χ2n) is 8.90. The summed E-state index contributed by atoms with van der Waals surface area (Å²) in [5.74, 6) is 0.281. The van der Waals surface area contributed by atoms with Gasteiger partial charge in [0, 0.05) is 41.0 Å². The van der Waals surface area contributed by atoms with Crippen molar-refractivity contribution in [3.05, 3.63) is 84.8 Å². The van der Waals surface area contributed by atoms with E-state index in [0.717, 1.165) is 51.0 Å². The van der Waals surface area contributed by atoms with Gasteiger partial charge in [0.1, 0.15) is 11.5 Å². The van der Waals surface area contributed by atoms with Gasteiger partial charge in [0.2, 0.25) is 0 Å². The van der Waals surface area contributed by atoms with E-state index in [1.165, 1.54) is 12.1 Å². The van der Waals surface area contributed by atoms with Gasteiger partial charge in [-0.15, -0.1) is 0 Å². The molecule has 0 spiro atoms. The molecule has 3 N–H and O–H groups in total. The number of hydrogen-bond donors (Lipinski definition) is 3. The molecular weight excluding hydrogens is 467 g/mol. The molecule has 182 valence electrons. The molecule has 0 aliphatic rings. The number of pyridine rings is 3. The molecular formula is C28H23FN8. The van der Waals surface area contributed by atoms with Gasteiger partial charge >= 0.3 is 0 Å². The van der Waals surface area contributed by atoms with E-state index in [9.17, 15) is 4.39 Å². The summed E-state index contributed by atoms with van der Waals surface area (Å²) in [5, 5.41) is 11.5. The number of nitrogens with one attached hydrogen (secondary N) is 3. The molecule has 0 atom stereocenters. The Morgan fingerprint density at radius 2 is 1.86 bits per heavy atom. The van der Waals surface area contributed by atoms with Crippen molar-refractivity contribution in [3.8, 4) is 33.8 Å². The Balaban J connectivity index is 1.43. The van der Waals surface area contributed by atoms with Crippen molar-refractivity contribution in [3.63, 3.8) is 0 Å². The Bertz CT molecular complexity index is 1780. The van der Waals surface area contributed by atoms with Crippen molar-refractivity contribution < 1.29 is 4.39 Å². The number of allylic oxidation sites excluding steroid dienone is 1. The first-order chi connectivity index (χ1) is 18.0. The third kappa shape index (κ3) is 4.20. The highest BCUT2D eigenvalue weighted by molar-refractivity contribution is 5.96. The van der Waals surface area contributed by atoms with Crippen LogP contribution in [0.2, 0.25) is 0 Å². The number of nitrogens with zero attached hydrogens (tertiary/aromatic N) is 5. The van der Waals surface area contributed by atoms with Crippen molar-refractivity contribution in [2.24, 2.45) is 0 Å². The number of aromatic amines is 2. The molecule has 1 aromatic carbocycles. The summed E-state index contributed by atoms with van der Waals surface area (Å²) in [7, 11) is 0. The number of H-pyrrole nitrogens is 2. The smallest absolute Gasteiger partial charge is 0.181 e.